The molecule has 0 heterocycles. The van der Waals surface area contributed by atoms with Crippen molar-refractivity contribution in [3.05, 3.63) is 34.9 Å². The molecular weight excluding hydrogens is 234 g/mol. The lowest BCUT2D eigenvalue weighted by molar-refractivity contribution is 0.117. The molecular formula is C17H29NO. The summed E-state index contributed by atoms with van der Waals surface area (Å²) in [7, 11) is 0. The van der Waals surface area contributed by atoms with E-state index in [2.05, 4.69) is 65.1 Å². The molecule has 0 radical (unpaired) electrons. The third-order valence-electron chi connectivity index (χ3n) is 3.40. The van der Waals surface area contributed by atoms with Crippen LogP contribution in [0.5, 0.6) is 0 Å². The molecule has 2 atom stereocenters. The van der Waals surface area contributed by atoms with Crippen LogP contribution < -0.4 is 5.32 Å². The van der Waals surface area contributed by atoms with Crippen molar-refractivity contribution in [1.29, 1.82) is 0 Å². The van der Waals surface area contributed by atoms with Gasteiger partial charge in [-0.2, -0.15) is 0 Å². The summed E-state index contributed by atoms with van der Waals surface area (Å²) in [6.45, 7) is 13.5. The summed E-state index contributed by atoms with van der Waals surface area (Å²) in [6.07, 6.45) is 0.535. The van der Waals surface area contributed by atoms with Crippen LogP contribution in [-0.2, 0) is 0 Å². The predicted molar refractivity (Wildman–Crippen MR) is 82.4 cm³/mol. The van der Waals surface area contributed by atoms with E-state index in [0.717, 1.165) is 6.42 Å². The number of aliphatic hydroxyl groups excluding tert-OH is 1. The maximum Gasteiger partial charge on any atom is 0.0669 e. The first-order valence-corrected chi connectivity index (χ1v) is 7.17. The van der Waals surface area contributed by atoms with E-state index >= 15 is 0 Å². The summed E-state index contributed by atoms with van der Waals surface area (Å²) >= 11 is 0. The molecule has 0 aromatic heterocycles. The van der Waals surface area contributed by atoms with E-state index in [1.54, 1.807) is 0 Å². The summed E-state index contributed by atoms with van der Waals surface area (Å²) in [5.41, 5.74) is 4.09. The van der Waals surface area contributed by atoms with Crippen molar-refractivity contribution in [2.75, 3.05) is 6.54 Å². The van der Waals surface area contributed by atoms with Gasteiger partial charge in [0, 0.05) is 12.6 Å². The average molecular weight is 263 g/mol. The van der Waals surface area contributed by atoms with E-state index in [-0.39, 0.29) is 17.6 Å². The molecule has 0 aliphatic carbocycles. The first-order chi connectivity index (χ1) is 8.69. The Morgan fingerprint density at radius 1 is 1.21 bits per heavy atom. The lowest BCUT2D eigenvalue weighted by atomic mass is 9.89. The molecule has 0 aliphatic heterocycles. The first-order valence-electron chi connectivity index (χ1n) is 7.17. The number of rotatable bonds is 5. The molecule has 0 saturated carbocycles. The molecule has 1 aromatic carbocycles. The van der Waals surface area contributed by atoms with Gasteiger partial charge in [0.25, 0.3) is 0 Å². The van der Waals surface area contributed by atoms with Crippen molar-refractivity contribution in [2.24, 2.45) is 5.41 Å². The number of nitrogens with one attached hydrogen (secondary N) is 1. The highest BCUT2D eigenvalue weighted by Crippen LogP contribution is 2.22. The number of aliphatic hydroxyl groups is 1. The molecule has 2 N–H and O–H groups in total. The van der Waals surface area contributed by atoms with Gasteiger partial charge in [-0.15, -0.1) is 0 Å². The molecule has 2 heteroatoms. The van der Waals surface area contributed by atoms with E-state index in [9.17, 15) is 5.11 Å². The number of hydrogen-bond acceptors (Lipinski definition) is 2. The summed E-state index contributed by atoms with van der Waals surface area (Å²) in [5, 5.41) is 13.5. The molecule has 19 heavy (non-hydrogen) atoms. The molecule has 0 amide bonds. The highest BCUT2D eigenvalue weighted by Gasteiger charge is 2.17. The Balaban J connectivity index is 2.53. The summed E-state index contributed by atoms with van der Waals surface area (Å²) in [6, 6.07) is 6.80. The van der Waals surface area contributed by atoms with Crippen LogP contribution in [0.3, 0.4) is 0 Å². The molecule has 2 unspecified atom stereocenters. The minimum Gasteiger partial charge on any atom is -0.392 e. The smallest absolute Gasteiger partial charge is 0.0669 e. The van der Waals surface area contributed by atoms with Crippen molar-refractivity contribution in [3.8, 4) is 0 Å². The molecule has 0 bridgehead atoms. The van der Waals surface area contributed by atoms with Crippen LogP contribution in [0.15, 0.2) is 18.2 Å². The monoisotopic (exact) mass is 263 g/mol. The van der Waals surface area contributed by atoms with Gasteiger partial charge >= 0.3 is 0 Å². The molecule has 0 saturated heterocycles. The van der Waals surface area contributed by atoms with Gasteiger partial charge in [-0.3, -0.25) is 0 Å². The van der Waals surface area contributed by atoms with E-state index in [1.807, 2.05) is 0 Å². The van der Waals surface area contributed by atoms with Crippen molar-refractivity contribution in [1.82, 2.24) is 5.32 Å². The van der Waals surface area contributed by atoms with Crippen LogP contribution in [0.2, 0.25) is 0 Å². The topological polar surface area (TPSA) is 32.3 Å². The molecule has 2 nitrogen and oxygen atoms in total. The molecule has 1 aromatic rings. The zero-order valence-corrected chi connectivity index (χ0v) is 13.2. The van der Waals surface area contributed by atoms with Crippen LogP contribution in [0.25, 0.3) is 0 Å². The average Bonchev–Trinajstić information content (AvgIpc) is 2.23. The van der Waals surface area contributed by atoms with Gasteiger partial charge in [0.05, 0.1) is 6.10 Å². The Labute approximate surface area is 118 Å². The third kappa shape index (κ3) is 5.75. The minimum atomic E-state index is -0.284. The fourth-order valence-corrected chi connectivity index (χ4v) is 2.51. The van der Waals surface area contributed by atoms with Crippen LogP contribution in [-0.4, -0.2) is 17.8 Å². The van der Waals surface area contributed by atoms with Gasteiger partial charge in [0.1, 0.15) is 0 Å². The van der Waals surface area contributed by atoms with E-state index in [0.29, 0.717) is 6.54 Å². The second kappa shape index (κ2) is 6.53. The van der Waals surface area contributed by atoms with Gasteiger partial charge in [0.2, 0.25) is 0 Å². The van der Waals surface area contributed by atoms with Crippen molar-refractivity contribution < 1.29 is 5.11 Å². The summed E-state index contributed by atoms with van der Waals surface area (Å²) < 4.78 is 0. The quantitative estimate of drug-likeness (QED) is 0.848. The first kappa shape index (κ1) is 16.2. The minimum absolute atomic E-state index is 0.171. The Hall–Kier alpha value is -0.860. The van der Waals surface area contributed by atoms with Crippen molar-refractivity contribution in [2.45, 2.75) is 60.1 Å². The highest BCUT2D eigenvalue weighted by atomic mass is 16.3. The number of benzene rings is 1. The maximum absolute atomic E-state index is 10.0. The molecule has 0 fully saturated rings. The second-order valence-corrected chi connectivity index (χ2v) is 6.91. The van der Waals surface area contributed by atoms with Crippen molar-refractivity contribution in [3.63, 3.8) is 0 Å². The lowest BCUT2D eigenvalue weighted by Crippen LogP contribution is -2.32. The standard InChI is InChI=1S/C17H29NO/c1-12-7-8-16(13(2)9-12)14(3)18-11-15(19)10-17(4,5)6/h7-9,14-15,18-19H,10-11H2,1-6H3. The van der Waals surface area contributed by atoms with E-state index in [4.69, 9.17) is 0 Å². The Bertz CT molecular complexity index is 406. The highest BCUT2D eigenvalue weighted by molar-refractivity contribution is 5.32. The zero-order chi connectivity index (χ0) is 14.6. The zero-order valence-electron chi connectivity index (χ0n) is 13.2. The van der Waals surface area contributed by atoms with Crippen LogP contribution >= 0.6 is 0 Å². The summed E-state index contributed by atoms with van der Waals surface area (Å²) in [4.78, 5) is 0. The third-order valence-corrected chi connectivity index (χ3v) is 3.40. The Morgan fingerprint density at radius 3 is 2.37 bits per heavy atom. The largest absolute Gasteiger partial charge is 0.392 e. The van der Waals surface area contributed by atoms with E-state index < -0.39 is 0 Å². The van der Waals surface area contributed by atoms with Gasteiger partial charge in [-0.05, 0) is 43.7 Å². The fraction of sp³-hybridized carbons (Fsp3) is 0.647. The molecule has 108 valence electrons. The normalized spacial score (nSPS) is 15.3. The number of hydrogen-bond donors (Lipinski definition) is 2. The summed E-state index contributed by atoms with van der Waals surface area (Å²) in [5.74, 6) is 0. The number of aryl methyl sites for hydroxylation is 2. The molecule has 0 spiro atoms. The SMILES string of the molecule is Cc1ccc(C(C)NCC(O)CC(C)(C)C)c(C)c1. The van der Waals surface area contributed by atoms with E-state index in [1.165, 1.54) is 16.7 Å². The lowest BCUT2D eigenvalue weighted by Gasteiger charge is -2.24. The van der Waals surface area contributed by atoms with Gasteiger partial charge in [-0.25, -0.2) is 0 Å². The van der Waals surface area contributed by atoms with Gasteiger partial charge in [-0.1, -0.05) is 44.5 Å². The van der Waals surface area contributed by atoms with Crippen LogP contribution in [0.4, 0.5) is 0 Å². The fourth-order valence-electron chi connectivity index (χ4n) is 2.51. The van der Waals surface area contributed by atoms with Crippen molar-refractivity contribution >= 4 is 0 Å². The Kier molecular flexibility index (Phi) is 5.57. The second-order valence-electron chi connectivity index (χ2n) is 6.91. The molecule has 1 rings (SSSR count). The van der Waals surface area contributed by atoms with Crippen LogP contribution in [0.1, 0.15) is 56.8 Å². The van der Waals surface area contributed by atoms with Gasteiger partial charge in [0.15, 0.2) is 0 Å². The molecule has 0 aliphatic rings. The van der Waals surface area contributed by atoms with Crippen LogP contribution in [0, 0.1) is 19.3 Å². The maximum atomic E-state index is 10.0. The van der Waals surface area contributed by atoms with Gasteiger partial charge < -0.3 is 10.4 Å². The predicted octanol–water partition coefficient (Wildman–Crippen LogP) is 3.75. The Morgan fingerprint density at radius 2 is 1.84 bits per heavy atom.